The van der Waals surface area contributed by atoms with E-state index in [4.69, 9.17) is 0 Å². The molecule has 1 aliphatic carbocycles. The Labute approximate surface area is 172 Å². The molecule has 0 amide bonds. The number of hydrogen-bond acceptors (Lipinski definition) is 1. The van der Waals surface area contributed by atoms with Gasteiger partial charge in [0.25, 0.3) is 0 Å². The molecule has 0 spiro atoms. The van der Waals surface area contributed by atoms with E-state index in [1.54, 1.807) is 12.1 Å². The van der Waals surface area contributed by atoms with E-state index >= 15 is 0 Å². The molecular formula is C27H26O2. The number of rotatable bonds is 6. The van der Waals surface area contributed by atoms with Gasteiger partial charge in [0.15, 0.2) is 0 Å². The summed E-state index contributed by atoms with van der Waals surface area (Å²) >= 11 is 0. The van der Waals surface area contributed by atoms with Crippen molar-refractivity contribution in [3.05, 3.63) is 120 Å². The number of carbonyl (C=O) groups is 1. The highest BCUT2D eigenvalue weighted by atomic mass is 16.4. The van der Waals surface area contributed by atoms with Gasteiger partial charge in [0.2, 0.25) is 0 Å². The molecule has 1 fully saturated rings. The molecule has 3 aromatic rings. The van der Waals surface area contributed by atoms with Gasteiger partial charge >= 0.3 is 5.97 Å². The van der Waals surface area contributed by atoms with Crippen LogP contribution in [0.2, 0.25) is 0 Å². The lowest BCUT2D eigenvalue weighted by Gasteiger charge is -2.46. The number of carboxylic acids is 1. The van der Waals surface area contributed by atoms with Crippen LogP contribution in [0.5, 0.6) is 0 Å². The molecule has 1 aliphatic rings. The SMILES string of the molecule is C=C[C@@]1(c2ccccc2)CCC[C@]1(Cc1ccc(C(=O)O)cc1)c1ccccc1. The summed E-state index contributed by atoms with van der Waals surface area (Å²) in [4.78, 5) is 11.3. The lowest BCUT2D eigenvalue weighted by molar-refractivity contribution is 0.0697. The van der Waals surface area contributed by atoms with Gasteiger partial charge in [0.1, 0.15) is 0 Å². The molecule has 1 saturated carbocycles. The highest BCUT2D eigenvalue weighted by molar-refractivity contribution is 5.87. The minimum atomic E-state index is -0.889. The van der Waals surface area contributed by atoms with Crippen molar-refractivity contribution in [1.82, 2.24) is 0 Å². The van der Waals surface area contributed by atoms with Gasteiger partial charge in [-0.25, -0.2) is 4.79 Å². The third-order valence-electron chi connectivity index (χ3n) is 6.70. The molecular weight excluding hydrogens is 356 g/mol. The second-order valence-corrected chi connectivity index (χ2v) is 8.02. The zero-order chi connectivity index (χ0) is 20.3. The Bertz CT molecular complexity index is 992. The molecule has 2 heteroatoms. The third kappa shape index (κ3) is 3.19. The smallest absolute Gasteiger partial charge is 0.335 e. The summed E-state index contributed by atoms with van der Waals surface area (Å²) in [6.07, 6.45) is 6.26. The maximum absolute atomic E-state index is 11.3. The molecule has 2 atom stereocenters. The molecule has 0 aromatic heterocycles. The van der Waals surface area contributed by atoms with Gasteiger partial charge in [-0.3, -0.25) is 0 Å². The van der Waals surface area contributed by atoms with Crippen LogP contribution in [0.15, 0.2) is 97.6 Å². The van der Waals surface area contributed by atoms with Crippen molar-refractivity contribution in [1.29, 1.82) is 0 Å². The number of allylic oxidation sites excluding steroid dienone is 1. The van der Waals surface area contributed by atoms with Crippen LogP contribution in [-0.2, 0) is 17.3 Å². The van der Waals surface area contributed by atoms with E-state index in [2.05, 4.69) is 73.3 Å². The predicted molar refractivity (Wildman–Crippen MR) is 117 cm³/mol. The van der Waals surface area contributed by atoms with Gasteiger partial charge in [0, 0.05) is 10.8 Å². The Kier molecular flexibility index (Phi) is 5.10. The van der Waals surface area contributed by atoms with Crippen LogP contribution in [-0.4, -0.2) is 11.1 Å². The average Bonchev–Trinajstić information content (AvgIpc) is 3.15. The molecule has 4 rings (SSSR count). The molecule has 0 unspecified atom stereocenters. The summed E-state index contributed by atoms with van der Waals surface area (Å²) in [6.45, 7) is 4.31. The Hall–Kier alpha value is -3.13. The molecule has 0 radical (unpaired) electrons. The summed E-state index contributed by atoms with van der Waals surface area (Å²) in [5.41, 5.74) is 3.82. The van der Waals surface area contributed by atoms with E-state index in [1.165, 1.54) is 11.1 Å². The maximum atomic E-state index is 11.3. The molecule has 3 aromatic carbocycles. The quantitative estimate of drug-likeness (QED) is 0.517. The highest BCUT2D eigenvalue weighted by Gasteiger charge is 2.54. The monoisotopic (exact) mass is 382 g/mol. The van der Waals surface area contributed by atoms with Crippen molar-refractivity contribution in [3.8, 4) is 0 Å². The first-order valence-electron chi connectivity index (χ1n) is 10.2. The van der Waals surface area contributed by atoms with Crippen LogP contribution in [0.25, 0.3) is 0 Å². The molecule has 0 bridgehead atoms. The Morgan fingerprint density at radius 2 is 1.45 bits per heavy atom. The van der Waals surface area contributed by atoms with Crippen molar-refractivity contribution < 1.29 is 9.90 Å². The van der Waals surface area contributed by atoms with Gasteiger partial charge < -0.3 is 5.11 Å². The first-order valence-corrected chi connectivity index (χ1v) is 10.2. The van der Waals surface area contributed by atoms with E-state index in [1.807, 2.05) is 12.1 Å². The van der Waals surface area contributed by atoms with Gasteiger partial charge in [-0.1, -0.05) is 85.3 Å². The predicted octanol–water partition coefficient (Wildman–Crippen LogP) is 6.17. The lowest BCUT2D eigenvalue weighted by atomic mass is 9.56. The number of carboxylic acid groups (broad SMARTS) is 1. The fourth-order valence-corrected chi connectivity index (χ4v) is 5.32. The molecule has 1 N–H and O–H groups in total. The van der Waals surface area contributed by atoms with Crippen molar-refractivity contribution in [2.24, 2.45) is 0 Å². The first-order chi connectivity index (χ1) is 14.1. The lowest BCUT2D eigenvalue weighted by Crippen LogP contribution is -2.45. The summed E-state index contributed by atoms with van der Waals surface area (Å²) in [6, 6.07) is 28.8. The largest absolute Gasteiger partial charge is 0.478 e. The van der Waals surface area contributed by atoms with Crippen LogP contribution >= 0.6 is 0 Å². The Morgan fingerprint density at radius 3 is 2.00 bits per heavy atom. The number of aromatic carboxylic acids is 1. The maximum Gasteiger partial charge on any atom is 0.335 e. The topological polar surface area (TPSA) is 37.3 Å². The minimum absolute atomic E-state index is 0.123. The normalized spacial score (nSPS) is 23.6. The number of benzene rings is 3. The van der Waals surface area contributed by atoms with Crippen molar-refractivity contribution >= 4 is 5.97 Å². The molecule has 0 aliphatic heterocycles. The summed E-state index contributed by atoms with van der Waals surface area (Å²) in [7, 11) is 0. The third-order valence-corrected chi connectivity index (χ3v) is 6.70. The van der Waals surface area contributed by atoms with Crippen molar-refractivity contribution in [2.45, 2.75) is 36.5 Å². The highest BCUT2D eigenvalue weighted by Crippen LogP contribution is 2.58. The van der Waals surface area contributed by atoms with Crippen molar-refractivity contribution in [2.75, 3.05) is 0 Å². The molecule has 2 nitrogen and oxygen atoms in total. The second-order valence-electron chi connectivity index (χ2n) is 8.02. The van der Waals surface area contributed by atoms with E-state index in [9.17, 15) is 9.90 Å². The molecule has 29 heavy (non-hydrogen) atoms. The number of hydrogen-bond donors (Lipinski definition) is 1. The minimum Gasteiger partial charge on any atom is -0.478 e. The summed E-state index contributed by atoms with van der Waals surface area (Å²) in [5.74, 6) is -0.889. The van der Waals surface area contributed by atoms with Gasteiger partial charge in [-0.15, -0.1) is 6.58 Å². The van der Waals surface area contributed by atoms with E-state index < -0.39 is 5.97 Å². The van der Waals surface area contributed by atoms with Crippen LogP contribution < -0.4 is 0 Å². The fraction of sp³-hybridized carbons (Fsp3) is 0.222. The second kappa shape index (κ2) is 7.71. The standard InChI is InChI=1S/C27H26O2/c1-2-26(23-10-5-3-6-11-23)18-9-19-27(26,24-12-7-4-8-13-24)20-21-14-16-22(17-15-21)25(28)29/h2-8,10-17H,1,9,18-20H2,(H,28,29)/t26-,27-/m0/s1. The zero-order valence-corrected chi connectivity index (χ0v) is 16.6. The Balaban J connectivity index is 1.87. The van der Waals surface area contributed by atoms with Crippen LogP contribution in [0.4, 0.5) is 0 Å². The van der Waals surface area contributed by atoms with E-state index in [0.29, 0.717) is 5.56 Å². The summed E-state index contributed by atoms with van der Waals surface area (Å²) < 4.78 is 0. The van der Waals surface area contributed by atoms with Crippen LogP contribution in [0, 0.1) is 0 Å². The fourth-order valence-electron chi connectivity index (χ4n) is 5.32. The molecule has 0 saturated heterocycles. The van der Waals surface area contributed by atoms with E-state index in [-0.39, 0.29) is 10.8 Å². The van der Waals surface area contributed by atoms with Crippen LogP contribution in [0.1, 0.15) is 46.3 Å². The zero-order valence-electron chi connectivity index (χ0n) is 16.6. The Morgan fingerprint density at radius 1 is 0.862 bits per heavy atom. The molecule has 146 valence electrons. The summed E-state index contributed by atoms with van der Waals surface area (Å²) in [5, 5.41) is 9.25. The average molecular weight is 383 g/mol. The van der Waals surface area contributed by atoms with Crippen LogP contribution in [0.3, 0.4) is 0 Å². The molecule has 0 heterocycles. The van der Waals surface area contributed by atoms with Gasteiger partial charge in [0.05, 0.1) is 5.56 Å². The van der Waals surface area contributed by atoms with E-state index in [0.717, 1.165) is 31.2 Å². The van der Waals surface area contributed by atoms with Crippen molar-refractivity contribution in [3.63, 3.8) is 0 Å². The first kappa shape index (κ1) is 19.2. The van der Waals surface area contributed by atoms with Gasteiger partial charge in [-0.05, 0) is 48.1 Å². The van der Waals surface area contributed by atoms with Gasteiger partial charge in [-0.2, -0.15) is 0 Å².